The van der Waals surface area contributed by atoms with Crippen molar-refractivity contribution in [3.8, 4) is 5.69 Å². The van der Waals surface area contributed by atoms with Crippen LogP contribution in [0.2, 0.25) is 0 Å². The number of aromatic amines is 1. The van der Waals surface area contributed by atoms with Gasteiger partial charge in [-0.1, -0.05) is 19.4 Å². The molecule has 0 aliphatic rings. The van der Waals surface area contributed by atoms with Crippen molar-refractivity contribution in [2.75, 3.05) is 0 Å². The molecule has 0 fully saturated rings. The average molecular weight is 365 g/mol. The molecule has 0 aliphatic heterocycles. The normalized spacial score (nSPS) is 11.4. The lowest BCUT2D eigenvalue weighted by atomic mass is 10.2. The van der Waals surface area contributed by atoms with Crippen molar-refractivity contribution in [1.82, 2.24) is 19.3 Å². The zero-order valence-corrected chi connectivity index (χ0v) is 14.7. The molecule has 0 saturated heterocycles. The summed E-state index contributed by atoms with van der Waals surface area (Å²) in [4.78, 5) is 3.32. The summed E-state index contributed by atoms with van der Waals surface area (Å²) in [6, 6.07) is 6.26. The van der Waals surface area contributed by atoms with Crippen molar-refractivity contribution in [3.05, 3.63) is 38.7 Å². The largest absolute Gasteiger partial charge is 0.327 e. The van der Waals surface area contributed by atoms with E-state index in [0.717, 1.165) is 39.9 Å². The Kier molecular flexibility index (Phi) is 3.75. The molecule has 0 atom stereocenters. The van der Waals surface area contributed by atoms with E-state index in [1.54, 1.807) is 0 Å². The Morgan fingerprint density at radius 1 is 1.38 bits per heavy atom. The van der Waals surface area contributed by atoms with E-state index in [1.807, 2.05) is 16.3 Å². The molecule has 0 radical (unpaired) electrons. The third-order valence-electron chi connectivity index (χ3n) is 3.57. The Hall–Kier alpha value is -1.40. The van der Waals surface area contributed by atoms with Crippen molar-refractivity contribution < 1.29 is 0 Å². The minimum Gasteiger partial charge on any atom is -0.327 e. The molecule has 0 saturated carbocycles. The predicted molar refractivity (Wildman–Crippen MR) is 91.7 cm³/mol. The number of hydrogen-bond acceptors (Lipinski definition) is 2. The summed E-state index contributed by atoms with van der Waals surface area (Å²) in [5.41, 5.74) is 5.36. The van der Waals surface area contributed by atoms with Gasteiger partial charge < -0.3 is 4.98 Å². The van der Waals surface area contributed by atoms with Gasteiger partial charge in [-0.25, -0.2) is 4.68 Å². The quantitative estimate of drug-likeness (QED) is 0.697. The molecule has 1 N–H and O–H groups in total. The number of aromatic nitrogens is 4. The maximum atomic E-state index is 5.53. The highest BCUT2D eigenvalue weighted by Gasteiger charge is 2.17. The van der Waals surface area contributed by atoms with Gasteiger partial charge in [0.05, 0.1) is 11.4 Å². The molecule has 0 spiro atoms. The van der Waals surface area contributed by atoms with Crippen LogP contribution in [0.4, 0.5) is 0 Å². The fourth-order valence-corrected chi connectivity index (χ4v) is 3.60. The highest BCUT2D eigenvalue weighted by Crippen LogP contribution is 2.28. The molecule has 6 heteroatoms. The molecule has 21 heavy (non-hydrogen) atoms. The van der Waals surface area contributed by atoms with Gasteiger partial charge in [0.15, 0.2) is 10.4 Å². The number of halogens is 1. The number of hydrogen-bond donors (Lipinski definition) is 1. The van der Waals surface area contributed by atoms with Crippen molar-refractivity contribution in [1.29, 1.82) is 0 Å². The van der Waals surface area contributed by atoms with E-state index >= 15 is 0 Å². The molecule has 3 rings (SSSR count). The Bertz CT molecular complexity index is 872. The van der Waals surface area contributed by atoms with E-state index < -0.39 is 0 Å². The number of benzene rings is 1. The van der Waals surface area contributed by atoms with Crippen LogP contribution >= 0.6 is 28.1 Å². The fraction of sp³-hybridized carbons (Fsp3) is 0.333. The zero-order chi connectivity index (χ0) is 15.1. The molecule has 2 heterocycles. The zero-order valence-electron chi connectivity index (χ0n) is 12.3. The van der Waals surface area contributed by atoms with Gasteiger partial charge in [-0.3, -0.25) is 4.57 Å². The summed E-state index contributed by atoms with van der Waals surface area (Å²) in [5.74, 6) is 0. The highest BCUT2D eigenvalue weighted by molar-refractivity contribution is 9.10. The fourth-order valence-electron chi connectivity index (χ4n) is 2.64. The van der Waals surface area contributed by atoms with Crippen LogP contribution in [0.25, 0.3) is 16.9 Å². The van der Waals surface area contributed by atoms with E-state index in [2.05, 4.69) is 58.1 Å². The number of H-pyrrole nitrogens is 1. The van der Waals surface area contributed by atoms with E-state index in [4.69, 9.17) is 12.2 Å². The first-order valence-corrected chi connectivity index (χ1v) is 8.16. The summed E-state index contributed by atoms with van der Waals surface area (Å²) in [7, 11) is 1.96. The number of aryl methyl sites for hydroxylation is 3. The van der Waals surface area contributed by atoms with Gasteiger partial charge in [0.25, 0.3) is 0 Å². The molecular weight excluding hydrogens is 348 g/mol. The van der Waals surface area contributed by atoms with Crippen LogP contribution in [0, 0.1) is 11.7 Å². The van der Waals surface area contributed by atoms with E-state index in [-0.39, 0.29) is 0 Å². The Morgan fingerprint density at radius 2 is 2.14 bits per heavy atom. The average Bonchev–Trinajstić information content (AvgIpc) is 2.89. The van der Waals surface area contributed by atoms with Gasteiger partial charge in [-0.2, -0.15) is 5.10 Å². The first-order chi connectivity index (χ1) is 10.0. The monoisotopic (exact) mass is 364 g/mol. The van der Waals surface area contributed by atoms with Crippen LogP contribution in [-0.2, 0) is 13.5 Å². The van der Waals surface area contributed by atoms with Gasteiger partial charge in [0.1, 0.15) is 5.52 Å². The molecule has 0 bridgehead atoms. The molecule has 1 aromatic carbocycles. The topological polar surface area (TPSA) is 38.5 Å². The van der Waals surface area contributed by atoms with Crippen LogP contribution in [0.3, 0.4) is 0 Å². The molecule has 110 valence electrons. The van der Waals surface area contributed by atoms with Gasteiger partial charge in [0, 0.05) is 11.5 Å². The smallest absolute Gasteiger partial charge is 0.184 e. The predicted octanol–water partition coefficient (Wildman–Crippen LogP) is 4.45. The summed E-state index contributed by atoms with van der Waals surface area (Å²) in [6.45, 7) is 4.23. The third kappa shape index (κ3) is 2.36. The van der Waals surface area contributed by atoms with Crippen LogP contribution in [0.5, 0.6) is 0 Å². The van der Waals surface area contributed by atoms with Gasteiger partial charge >= 0.3 is 0 Å². The number of fused-ring (bicyclic) bond motifs is 1. The molecule has 0 amide bonds. The van der Waals surface area contributed by atoms with Crippen LogP contribution in [0.15, 0.2) is 22.7 Å². The Labute approximate surface area is 136 Å². The van der Waals surface area contributed by atoms with Crippen LogP contribution < -0.4 is 0 Å². The number of rotatable bonds is 3. The molecular formula is C15H17BrN4S. The van der Waals surface area contributed by atoms with Crippen LogP contribution in [0.1, 0.15) is 24.6 Å². The maximum Gasteiger partial charge on any atom is 0.184 e. The molecule has 2 aromatic heterocycles. The first kappa shape index (κ1) is 14.5. The van der Waals surface area contributed by atoms with Gasteiger partial charge in [0.2, 0.25) is 0 Å². The minimum atomic E-state index is 0.694. The molecule has 3 aromatic rings. The van der Waals surface area contributed by atoms with Crippen molar-refractivity contribution >= 4 is 39.3 Å². The van der Waals surface area contributed by atoms with Gasteiger partial charge in [-0.05, 0) is 59.2 Å². The number of nitrogens with zero attached hydrogens (tertiary/aromatic N) is 3. The second-order valence-corrected chi connectivity index (χ2v) is 6.48. The van der Waals surface area contributed by atoms with E-state index in [9.17, 15) is 0 Å². The lowest BCUT2D eigenvalue weighted by molar-refractivity contribution is 0.735. The lowest BCUT2D eigenvalue weighted by Crippen LogP contribution is -2.02. The van der Waals surface area contributed by atoms with Crippen molar-refractivity contribution in [2.45, 2.75) is 26.7 Å². The second-order valence-electron chi connectivity index (χ2n) is 5.24. The number of imidazole rings is 1. The highest BCUT2D eigenvalue weighted by atomic mass is 79.9. The van der Waals surface area contributed by atoms with Crippen molar-refractivity contribution in [3.63, 3.8) is 0 Å². The molecule has 0 aliphatic carbocycles. The number of nitrogens with one attached hydrogen (secondary N) is 1. The third-order valence-corrected chi connectivity index (χ3v) is 4.49. The first-order valence-electron chi connectivity index (χ1n) is 6.96. The van der Waals surface area contributed by atoms with E-state index in [1.165, 1.54) is 5.56 Å². The SMILES string of the molecule is CCCc1nn(C)c2c1[nH]c(=S)n2-c1ccc(C)cc1Br. The second kappa shape index (κ2) is 5.42. The lowest BCUT2D eigenvalue weighted by Gasteiger charge is -2.08. The van der Waals surface area contributed by atoms with Crippen molar-refractivity contribution in [2.24, 2.45) is 7.05 Å². The molecule has 0 unspecified atom stereocenters. The minimum absolute atomic E-state index is 0.694. The summed E-state index contributed by atoms with van der Waals surface area (Å²) < 4.78 is 5.66. The summed E-state index contributed by atoms with van der Waals surface area (Å²) in [5, 5.41) is 4.62. The van der Waals surface area contributed by atoms with Crippen LogP contribution in [-0.4, -0.2) is 19.3 Å². The summed E-state index contributed by atoms with van der Waals surface area (Å²) >= 11 is 9.17. The summed E-state index contributed by atoms with van der Waals surface area (Å²) in [6.07, 6.45) is 2.01. The van der Waals surface area contributed by atoms with E-state index in [0.29, 0.717) is 4.77 Å². The molecule has 4 nitrogen and oxygen atoms in total. The standard InChI is InChI=1S/C15H17BrN4S/c1-4-5-11-13-14(19(3)18-11)20(15(21)17-13)12-7-6-9(2)8-10(12)16/h6-8H,4-5H2,1-3H3,(H,17,21). The van der Waals surface area contributed by atoms with Gasteiger partial charge in [-0.15, -0.1) is 0 Å². The Morgan fingerprint density at radius 3 is 2.81 bits per heavy atom. The maximum absolute atomic E-state index is 5.53. The Balaban J connectivity index is 2.32.